The van der Waals surface area contributed by atoms with Crippen LogP contribution < -0.4 is 21.8 Å². The van der Waals surface area contributed by atoms with Crippen LogP contribution in [0.4, 0.5) is 0 Å². The van der Waals surface area contributed by atoms with Crippen molar-refractivity contribution in [2.45, 2.75) is 6.92 Å². The maximum atomic E-state index is 12.2. The number of thioether (sulfide) groups is 1. The predicted octanol–water partition coefficient (Wildman–Crippen LogP) is 1.25. The van der Waals surface area contributed by atoms with Crippen LogP contribution in [-0.2, 0) is 32.7 Å². The zero-order valence-corrected chi connectivity index (χ0v) is 16.9. The Balaban J connectivity index is 0.00000208. The summed E-state index contributed by atoms with van der Waals surface area (Å²) in [4.78, 5) is 30.6. The number of hydrogen-bond acceptors (Lipinski definition) is 3. The van der Waals surface area contributed by atoms with Gasteiger partial charge < -0.3 is 9.97 Å². The van der Waals surface area contributed by atoms with Gasteiger partial charge in [0.2, 0.25) is 0 Å². The minimum Gasteiger partial charge on any atom is -0.316 e. The fourth-order valence-corrected chi connectivity index (χ4v) is 3.02. The molecule has 1 aliphatic heterocycles. The summed E-state index contributed by atoms with van der Waals surface area (Å²) in [5.41, 5.74) is 1.52. The maximum absolute atomic E-state index is 12.2. The van der Waals surface area contributed by atoms with E-state index in [1.54, 1.807) is 23.9 Å². The smallest absolute Gasteiger partial charge is 0.272 e. The van der Waals surface area contributed by atoms with Crippen LogP contribution in [-0.4, -0.2) is 15.7 Å². The van der Waals surface area contributed by atoms with Crippen LogP contribution in [0.25, 0.3) is 12.2 Å². The molecule has 24 heavy (non-hydrogen) atoms. The molecule has 1 radical (unpaired) electrons. The van der Waals surface area contributed by atoms with Crippen LogP contribution in [0.5, 0.6) is 0 Å². The topological polar surface area (TPSA) is 65.7 Å². The second-order valence-electron chi connectivity index (χ2n) is 5.31. The van der Waals surface area contributed by atoms with Gasteiger partial charge in [0.25, 0.3) is 11.1 Å². The Morgan fingerprint density at radius 2 is 1.58 bits per heavy atom. The first kappa shape index (κ1) is 18.9. The van der Waals surface area contributed by atoms with Gasteiger partial charge in [0.05, 0.1) is 0 Å². The van der Waals surface area contributed by atoms with Crippen LogP contribution in [0.15, 0.2) is 62.6 Å². The van der Waals surface area contributed by atoms with E-state index in [1.165, 1.54) is 5.57 Å². The van der Waals surface area contributed by atoms with Gasteiger partial charge in [-0.3, -0.25) is 9.59 Å². The summed E-state index contributed by atoms with van der Waals surface area (Å²) in [6.45, 7) is 2.06. The molecule has 2 heterocycles. The van der Waals surface area contributed by atoms with Crippen molar-refractivity contribution < 1.29 is 32.7 Å². The molecule has 119 valence electrons. The quantitative estimate of drug-likeness (QED) is 0.779. The summed E-state index contributed by atoms with van der Waals surface area (Å²) in [6.07, 6.45) is 7.34. The molecule has 0 saturated carbocycles. The standard InChI is InChI=1S/C18H16N2O2S.Y/c1-12-7-8-14(23-11-12)10-16-18(22)19-15(17(21)20-16)9-13-5-3-2-4-6-13;/h2-10H,11H2,1H3,(H,19,22)(H,20,21);/b15-9-,16-10-;. The normalized spacial score (nSPS) is 15.5. The average Bonchev–Trinajstić information content (AvgIpc) is 2.55. The van der Waals surface area contributed by atoms with E-state index in [0.29, 0.717) is 0 Å². The number of rotatable bonds is 2. The molecule has 0 bridgehead atoms. The largest absolute Gasteiger partial charge is 0.316 e. The number of aromatic nitrogens is 2. The first-order chi connectivity index (χ1) is 11.1. The van der Waals surface area contributed by atoms with Gasteiger partial charge >= 0.3 is 0 Å². The van der Waals surface area contributed by atoms with Crippen molar-refractivity contribution >= 4 is 23.9 Å². The molecule has 0 unspecified atom stereocenters. The first-order valence-electron chi connectivity index (χ1n) is 7.23. The van der Waals surface area contributed by atoms with E-state index >= 15 is 0 Å². The van der Waals surface area contributed by atoms with Crippen molar-refractivity contribution in [3.05, 3.63) is 89.9 Å². The predicted molar refractivity (Wildman–Crippen MR) is 95.7 cm³/mol. The van der Waals surface area contributed by atoms with Crippen molar-refractivity contribution in [3.63, 3.8) is 0 Å². The SMILES string of the molecule is CC1=CC=C(/C=c2\[nH]c(=O)/c(=C/c3ccccc3)[nH]c2=O)SC1.[Y]. The number of nitrogens with one attached hydrogen (secondary N) is 2. The Morgan fingerprint density at radius 3 is 2.17 bits per heavy atom. The van der Waals surface area contributed by atoms with E-state index in [-0.39, 0.29) is 54.5 Å². The molecule has 0 saturated heterocycles. The van der Waals surface area contributed by atoms with E-state index < -0.39 is 0 Å². The maximum Gasteiger partial charge on any atom is 0.272 e. The van der Waals surface area contributed by atoms with Crippen LogP contribution in [0.3, 0.4) is 0 Å². The zero-order valence-electron chi connectivity index (χ0n) is 13.2. The molecule has 2 aromatic rings. The molecule has 0 amide bonds. The molecule has 2 N–H and O–H groups in total. The second-order valence-corrected chi connectivity index (χ2v) is 6.35. The van der Waals surface area contributed by atoms with Gasteiger partial charge in [0.15, 0.2) is 0 Å². The van der Waals surface area contributed by atoms with Crippen molar-refractivity contribution in [1.82, 2.24) is 9.97 Å². The molecule has 1 aliphatic rings. The van der Waals surface area contributed by atoms with Crippen LogP contribution in [0.2, 0.25) is 0 Å². The van der Waals surface area contributed by atoms with E-state index in [0.717, 1.165) is 16.2 Å². The Bertz CT molecular complexity index is 1020. The number of allylic oxidation sites excluding steroid dienone is 3. The van der Waals surface area contributed by atoms with Crippen molar-refractivity contribution in [3.8, 4) is 0 Å². The molecule has 0 fully saturated rings. The molecular formula is C18H16N2O2SY. The monoisotopic (exact) mass is 413 g/mol. The number of H-pyrrole nitrogens is 2. The third-order valence-electron chi connectivity index (χ3n) is 3.38. The minimum absolute atomic E-state index is 0. The molecule has 0 aliphatic carbocycles. The Kier molecular flexibility index (Phi) is 6.78. The van der Waals surface area contributed by atoms with E-state index in [4.69, 9.17) is 0 Å². The van der Waals surface area contributed by atoms with Gasteiger partial charge in [0.1, 0.15) is 10.7 Å². The van der Waals surface area contributed by atoms with Gasteiger partial charge in [-0.05, 0) is 30.7 Å². The second kappa shape index (κ2) is 8.61. The molecular weight excluding hydrogens is 397 g/mol. The van der Waals surface area contributed by atoms with Crippen LogP contribution in [0.1, 0.15) is 12.5 Å². The number of benzene rings is 1. The molecule has 4 nitrogen and oxygen atoms in total. The van der Waals surface area contributed by atoms with Crippen LogP contribution >= 0.6 is 11.8 Å². The van der Waals surface area contributed by atoms with Crippen molar-refractivity contribution in [1.29, 1.82) is 0 Å². The van der Waals surface area contributed by atoms with E-state index in [1.807, 2.05) is 42.5 Å². The summed E-state index contributed by atoms with van der Waals surface area (Å²) >= 11 is 1.64. The summed E-state index contributed by atoms with van der Waals surface area (Å²) in [7, 11) is 0. The Labute approximate surface area is 168 Å². The molecule has 1 aromatic carbocycles. The van der Waals surface area contributed by atoms with Gasteiger partial charge in [-0.2, -0.15) is 0 Å². The number of hydrogen-bond donors (Lipinski definition) is 2. The molecule has 3 rings (SSSR count). The summed E-state index contributed by atoms with van der Waals surface area (Å²) in [5.74, 6) is 0.893. The summed E-state index contributed by atoms with van der Waals surface area (Å²) in [6, 6.07) is 9.39. The minimum atomic E-state index is -0.312. The van der Waals surface area contributed by atoms with Gasteiger partial charge in [-0.1, -0.05) is 42.0 Å². The van der Waals surface area contributed by atoms with Crippen LogP contribution in [0, 0.1) is 0 Å². The fraction of sp³-hybridized carbons (Fsp3) is 0.111. The summed E-state index contributed by atoms with van der Waals surface area (Å²) < 4.78 is 0. The van der Waals surface area contributed by atoms with Gasteiger partial charge in [-0.25, -0.2) is 0 Å². The Morgan fingerprint density at radius 1 is 0.958 bits per heavy atom. The fourth-order valence-electron chi connectivity index (χ4n) is 2.16. The van der Waals surface area contributed by atoms with Crippen molar-refractivity contribution in [2.24, 2.45) is 0 Å². The van der Waals surface area contributed by atoms with E-state index in [2.05, 4.69) is 16.9 Å². The number of aromatic amines is 2. The first-order valence-corrected chi connectivity index (χ1v) is 8.22. The summed E-state index contributed by atoms with van der Waals surface area (Å²) in [5, 5.41) is 0.520. The molecule has 1 aromatic heterocycles. The van der Waals surface area contributed by atoms with Gasteiger partial charge in [0, 0.05) is 43.4 Å². The Hall–Kier alpha value is -1.43. The zero-order chi connectivity index (χ0) is 16.2. The van der Waals surface area contributed by atoms with E-state index in [9.17, 15) is 9.59 Å². The molecule has 0 spiro atoms. The van der Waals surface area contributed by atoms with Gasteiger partial charge in [-0.15, -0.1) is 11.8 Å². The molecule has 6 heteroatoms. The molecule has 0 atom stereocenters. The third kappa shape index (κ3) is 4.79. The average molecular weight is 413 g/mol. The van der Waals surface area contributed by atoms with Crippen molar-refractivity contribution in [2.75, 3.05) is 5.75 Å². The third-order valence-corrected chi connectivity index (χ3v) is 4.57.